The quantitative estimate of drug-likeness (QED) is 0.233. The number of rotatable bonds is 12. The molecule has 0 heterocycles. The van der Waals surface area contributed by atoms with Crippen LogP contribution in [0.3, 0.4) is 0 Å². The van der Waals surface area contributed by atoms with Crippen molar-refractivity contribution in [3.8, 4) is 0 Å². The zero-order valence-corrected chi connectivity index (χ0v) is 16.2. The first-order valence-corrected chi connectivity index (χ1v) is 10.4. The highest BCUT2D eigenvalue weighted by atomic mass is 16.5. The summed E-state index contributed by atoms with van der Waals surface area (Å²) >= 11 is 0. The molecule has 2 bridgehead atoms. The van der Waals surface area contributed by atoms with Gasteiger partial charge in [-0.1, -0.05) is 78.2 Å². The Bertz CT molecular complexity index is 422. The van der Waals surface area contributed by atoms with Crippen molar-refractivity contribution in [3.63, 3.8) is 0 Å². The average molecular weight is 335 g/mol. The molecule has 0 aromatic heterocycles. The maximum absolute atomic E-state index is 11.9. The lowest BCUT2D eigenvalue weighted by Crippen LogP contribution is -2.48. The molecular formula is C22H38O2. The van der Waals surface area contributed by atoms with E-state index in [2.05, 4.69) is 26.8 Å². The molecule has 138 valence electrons. The van der Waals surface area contributed by atoms with Gasteiger partial charge in [0, 0.05) is 6.42 Å². The molecule has 0 aromatic rings. The van der Waals surface area contributed by atoms with Gasteiger partial charge < -0.3 is 4.74 Å². The van der Waals surface area contributed by atoms with Crippen molar-refractivity contribution in [1.82, 2.24) is 0 Å². The lowest BCUT2D eigenvalue weighted by Gasteiger charge is -2.56. The molecule has 0 amide bonds. The van der Waals surface area contributed by atoms with Gasteiger partial charge in [0.2, 0.25) is 0 Å². The van der Waals surface area contributed by atoms with Crippen molar-refractivity contribution in [3.05, 3.63) is 11.6 Å². The van der Waals surface area contributed by atoms with Crippen LogP contribution in [0.25, 0.3) is 0 Å². The fourth-order valence-corrected chi connectivity index (χ4v) is 4.46. The summed E-state index contributed by atoms with van der Waals surface area (Å²) in [7, 11) is 0. The number of unbranched alkanes of at least 4 members (excludes halogenated alkanes) is 8. The number of carbonyl (C=O) groups is 1. The Hall–Kier alpha value is -0.790. The van der Waals surface area contributed by atoms with E-state index in [4.69, 9.17) is 4.74 Å². The van der Waals surface area contributed by atoms with E-state index in [9.17, 15) is 4.79 Å². The van der Waals surface area contributed by atoms with Gasteiger partial charge in [-0.3, -0.25) is 4.79 Å². The van der Waals surface area contributed by atoms with Gasteiger partial charge >= 0.3 is 5.97 Å². The smallest absolute Gasteiger partial charge is 0.306 e. The molecule has 2 atom stereocenters. The number of ether oxygens (including phenoxy) is 1. The first-order valence-electron chi connectivity index (χ1n) is 10.4. The summed E-state index contributed by atoms with van der Waals surface area (Å²) in [5.74, 6) is 1.50. The summed E-state index contributed by atoms with van der Waals surface area (Å²) < 4.78 is 5.53. The maximum Gasteiger partial charge on any atom is 0.306 e. The van der Waals surface area contributed by atoms with Crippen LogP contribution in [0.2, 0.25) is 0 Å². The normalized spacial score (nSPS) is 24.2. The Morgan fingerprint density at radius 3 is 2.29 bits per heavy atom. The van der Waals surface area contributed by atoms with Crippen molar-refractivity contribution in [2.45, 2.75) is 97.8 Å². The molecule has 2 heteroatoms. The molecule has 3 aliphatic carbocycles. The first-order chi connectivity index (χ1) is 11.6. The number of allylic oxidation sites excluding steroid dienone is 1. The second-order valence-electron chi connectivity index (χ2n) is 8.56. The Balaban J connectivity index is 1.47. The molecule has 2 nitrogen and oxygen atoms in total. The average Bonchev–Trinajstić information content (AvgIpc) is 2.58. The molecule has 0 N–H and O–H groups in total. The monoisotopic (exact) mass is 334 g/mol. The zero-order chi connectivity index (χ0) is 17.4. The number of fused-ring (bicyclic) bond motifs is 1. The lowest BCUT2D eigenvalue weighted by molar-refractivity contribution is -0.143. The maximum atomic E-state index is 11.9. The van der Waals surface area contributed by atoms with Crippen molar-refractivity contribution in [2.75, 3.05) is 6.61 Å². The third-order valence-electron chi connectivity index (χ3n) is 6.47. The van der Waals surface area contributed by atoms with Crippen molar-refractivity contribution in [2.24, 2.45) is 17.3 Å². The van der Waals surface area contributed by atoms with Crippen LogP contribution >= 0.6 is 0 Å². The van der Waals surface area contributed by atoms with Crippen LogP contribution in [0.5, 0.6) is 0 Å². The SMILES string of the molecule is CCCCCCCCCCCC(=O)OCC1=CCC2CC1C2(C)C. The van der Waals surface area contributed by atoms with Gasteiger partial charge in [-0.05, 0) is 42.1 Å². The summed E-state index contributed by atoms with van der Waals surface area (Å²) in [6.07, 6.45) is 17.0. The molecule has 3 aliphatic rings. The summed E-state index contributed by atoms with van der Waals surface area (Å²) in [5.41, 5.74) is 1.80. The van der Waals surface area contributed by atoms with E-state index in [1.165, 1.54) is 69.8 Å². The molecule has 0 aromatic carbocycles. The van der Waals surface area contributed by atoms with E-state index < -0.39 is 0 Å². The molecule has 2 unspecified atom stereocenters. The minimum Gasteiger partial charge on any atom is -0.461 e. The second-order valence-corrected chi connectivity index (χ2v) is 8.56. The summed E-state index contributed by atoms with van der Waals surface area (Å²) in [4.78, 5) is 11.9. The minimum absolute atomic E-state index is 0.00176. The van der Waals surface area contributed by atoms with Crippen LogP contribution in [0.1, 0.15) is 97.8 Å². The van der Waals surface area contributed by atoms with Crippen LogP contribution in [-0.2, 0) is 9.53 Å². The van der Waals surface area contributed by atoms with Gasteiger partial charge in [0.25, 0.3) is 0 Å². The fourth-order valence-electron chi connectivity index (χ4n) is 4.46. The fraction of sp³-hybridized carbons (Fsp3) is 0.864. The van der Waals surface area contributed by atoms with Crippen LogP contribution < -0.4 is 0 Å². The third-order valence-corrected chi connectivity index (χ3v) is 6.47. The van der Waals surface area contributed by atoms with Gasteiger partial charge in [-0.15, -0.1) is 0 Å². The van der Waals surface area contributed by atoms with Gasteiger partial charge in [0.15, 0.2) is 0 Å². The van der Waals surface area contributed by atoms with Crippen molar-refractivity contribution in [1.29, 1.82) is 0 Å². The van der Waals surface area contributed by atoms with Crippen molar-refractivity contribution >= 4 is 5.97 Å². The third kappa shape index (κ3) is 5.36. The standard InChI is InChI=1S/C22H38O2/c1-4-5-6-7-8-9-10-11-12-13-21(23)24-17-18-14-15-19-16-20(18)22(19,2)3/h14,19-20H,4-13,15-17H2,1-3H3. The van der Waals surface area contributed by atoms with Gasteiger partial charge in [-0.25, -0.2) is 0 Å². The predicted molar refractivity (Wildman–Crippen MR) is 101 cm³/mol. The minimum atomic E-state index is -0.00176. The van der Waals surface area contributed by atoms with Crippen LogP contribution in [0.15, 0.2) is 11.6 Å². The molecule has 3 rings (SSSR count). The van der Waals surface area contributed by atoms with Crippen molar-refractivity contribution < 1.29 is 9.53 Å². The number of esters is 1. The highest BCUT2D eigenvalue weighted by molar-refractivity contribution is 5.69. The van der Waals surface area contributed by atoms with E-state index in [0.29, 0.717) is 24.4 Å². The van der Waals surface area contributed by atoms with Crippen LogP contribution in [0, 0.1) is 17.3 Å². The first kappa shape index (κ1) is 19.5. The van der Waals surface area contributed by atoms with E-state index >= 15 is 0 Å². The molecule has 24 heavy (non-hydrogen) atoms. The number of carbonyl (C=O) groups excluding carboxylic acids is 1. The molecular weight excluding hydrogens is 296 g/mol. The largest absolute Gasteiger partial charge is 0.461 e. The van der Waals surface area contributed by atoms with E-state index in [-0.39, 0.29) is 5.97 Å². The summed E-state index contributed by atoms with van der Waals surface area (Å²) in [6, 6.07) is 0. The van der Waals surface area contributed by atoms with E-state index in [1.54, 1.807) is 0 Å². The van der Waals surface area contributed by atoms with Gasteiger partial charge in [-0.2, -0.15) is 0 Å². The Kier molecular flexibility index (Phi) is 7.84. The van der Waals surface area contributed by atoms with Crippen LogP contribution in [0.4, 0.5) is 0 Å². The van der Waals surface area contributed by atoms with E-state index in [1.807, 2.05) is 0 Å². The second kappa shape index (κ2) is 9.63. The van der Waals surface area contributed by atoms with Gasteiger partial charge in [0.1, 0.15) is 6.61 Å². The predicted octanol–water partition coefficient (Wildman–Crippen LogP) is 6.44. The van der Waals surface area contributed by atoms with Crippen LogP contribution in [-0.4, -0.2) is 12.6 Å². The molecule has 0 spiro atoms. The highest BCUT2D eigenvalue weighted by Crippen LogP contribution is 2.59. The van der Waals surface area contributed by atoms with E-state index in [0.717, 1.165) is 12.3 Å². The molecule has 0 radical (unpaired) electrons. The summed E-state index contributed by atoms with van der Waals surface area (Å²) in [6.45, 7) is 7.52. The zero-order valence-electron chi connectivity index (χ0n) is 16.2. The lowest BCUT2D eigenvalue weighted by atomic mass is 9.49. The molecule has 1 fully saturated rings. The molecule has 0 aliphatic heterocycles. The topological polar surface area (TPSA) is 26.3 Å². The Morgan fingerprint density at radius 2 is 1.71 bits per heavy atom. The Labute approximate surface area is 149 Å². The Morgan fingerprint density at radius 1 is 1.08 bits per heavy atom. The molecule has 1 saturated carbocycles. The highest BCUT2D eigenvalue weighted by Gasteiger charge is 2.51. The number of hydrogen-bond donors (Lipinski definition) is 0. The summed E-state index contributed by atoms with van der Waals surface area (Å²) in [5, 5.41) is 0. The molecule has 0 saturated heterocycles. The van der Waals surface area contributed by atoms with Gasteiger partial charge in [0.05, 0.1) is 0 Å². The number of hydrogen-bond acceptors (Lipinski definition) is 2.